The second kappa shape index (κ2) is 9.33. The first-order chi connectivity index (χ1) is 17.5. The van der Waals surface area contributed by atoms with Gasteiger partial charge >= 0.3 is 23.9 Å². The van der Waals surface area contributed by atoms with E-state index in [1.807, 2.05) is 20.8 Å². The van der Waals surface area contributed by atoms with Gasteiger partial charge in [-0.15, -0.1) is 0 Å². The Morgan fingerprint density at radius 1 is 0.816 bits per heavy atom. The molecule has 0 aromatic rings. The maximum atomic E-state index is 12.4. The molecule has 4 saturated carbocycles. The van der Waals surface area contributed by atoms with Crippen LogP contribution in [0.5, 0.6) is 0 Å². The van der Waals surface area contributed by atoms with Gasteiger partial charge in [-0.25, -0.2) is 0 Å². The molecule has 4 aliphatic carbocycles. The molecule has 212 valence electrons. The van der Waals surface area contributed by atoms with Crippen molar-refractivity contribution in [2.45, 2.75) is 104 Å². The number of rotatable bonds is 4. The van der Waals surface area contributed by atoms with Crippen LogP contribution in [0.1, 0.15) is 67.7 Å². The van der Waals surface area contributed by atoms with Gasteiger partial charge in [0.15, 0.2) is 0 Å². The van der Waals surface area contributed by atoms with Gasteiger partial charge in [0, 0.05) is 56.8 Å². The zero-order valence-electron chi connectivity index (χ0n) is 23.2. The first kappa shape index (κ1) is 28.5. The molecular formula is C28H40O10. The molecule has 4 aliphatic rings. The van der Waals surface area contributed by atoms with Gasteiger partial charge in [-0.3, -0.25) is 19.2 Å². The average molecular weight is 537 g/mol. The zero-order chi connectivity index (χ0) is 28.5. The van der Waals surface area contributed by atoms with Crippen LogP contribution in [0.2, 0.25) is 0 Å². The van der Waals surface area contributed by atoms with E-state index in [0.29, 0.717) is 18.4 Å². The van der Waals surface area contributed by atoms with E-state index in [2.05, 4.69) is 6.58 Å². The Morgan fingerprint density at radius 2 is 1.37 bits per heavy atom. The van der Waals surface area contributed by atoms with E-state index in [9.17, 15) is 29.4 Å². The normalized spacial score (nSPS) is 44.8. The van der Waals surface area contributed by atoms with Crippen molar-refractivity contribution in [3.05, 3.63) is 12.2 Å². The molecule has 2 N–H and O–H groups in total. The number of hydrogen-bond acceptors (Lipinski definition) is 10. The van der Waals surface area contributed by atoms with Crippen molar-refractivity contribution in [1.82, 2.24) is 0 Å². The van der Waals surface area contributed by atoms with Crippen molar-refractivity contribution < 1.29 is 48.3 Å². The third kappa shape index (κ3) is 3.97. The average Bonchev–Trinajstić information content (AvgIpc) is 2.96. The maximum Gasteiger partial charge on any atom is 0.303 e. The summed E-state index contributed by atoms with van der Waals surface area (Å²) in [5, 5.41) is 23.5. The molecule has 10 nitrogen and oxygen atoms in total. The number of hydrogen-bond donors (Lipinski definition) is 2. The van der Waals surface area contributed by atoms with E-state index in [1.54, 1.807) is 0 Å². The fourth-order valence-electron chi connectivity index (χ4n) is 8.96. The van der Waals surface area contributed by atoms with Gasteiger partial charge in [-0.1, -0.05) is 27.4 Å². The molecule has 11 atom stereocenters. The van der Waals surface area contributed by atoms with Crippen LogP contribution in [0.3, 0.4) is 0 Å². The SMILES string of the molecule is C=C1C2CC(OC(C)=O)C3C4(C)C(OC(C)=O)CC(O)C(C)(C)C4C(OC(C)=O)C(O)C3(C2)C1OC(C)=O. The standard InChI is InChI=1S/C28H40O10/c1-12-17-9-18(35-13(2)29)22-27(8)20(36-14(3)30)10-19(33)26(6,7)23(27)21(37-15(4)31)24(34)28(22,11-17)25(12)38-16(5)32/h17-25,33-34H,1,9-11H2,2-8H3. The Balaban J connectivity index is 2.06. The van der Waals surface area contributed by atoms with Gasteiger partial charge < -0.3 is 29.2 Å². The number of aliphatic hydroxyl groups excluding tert-OH is 2. The second-order valence-corrected chi connectivity index (χ2v) is 12.5. The van der Waals surface area contributed by atoms with Gasteiger partial charge in [0.05, 0.1) is 6.10 Å². The predicted molar refractivity (Wildman–Crippen MR) is 132 cm³/mol. The Kier molecular flexibility index (Phi) is 7.01. The van der Waals surface area contributed by atoms with Crippen molar-refractivity contribution in [2.24, 2.45) is 34.0 Å². The van der Waals surface area contributed by atoms with Crippen molar-refractivity contribution in [3.8, 4) is 0 Å². The van der Waals surface area contributed by atoms with E-state index < -0.39 is 88.6 Å². The number of fused-ring (bicyclic) bond motifs is 3. The molecule has 2 bridgehead atoms. The summed E-state index contributed by atoms with van der Waals surface area (Å²) in [7, 11) is 0. The Hall–Kier alpha value is -2.46. The summed E-state index contributed by atoms with van der Waals surface area (Å²) in [4.78, 5) is 49.5. The summed E-state index contributed by atoms with van der Waals surface area (Å²) in [6, 6.07) is 0. The Labute approximate surface area is 223 Å². The number of ether oxygens (including phenoxy) is 4. The van der Waals surface area contributed by atoms with Gasteiger partial charge in [0.25, 0.3) is 0 Å². The molecule has 0 heterocycles. The summed E-state index contributed by atoms with van der Waals surface area (Å²) in [6.07, 6.45) is -5.21. The zero-order valence-corrected chi connectivity index (χ0v) is 23.2. The number of esters is 4. The van der Waals surface area contributed by atoms with Crippen LogP contribution in [0, 0.1) is 34.0 Å². The smallest absolute Gasteiger partial charge is 0.303 e. The molecule has 4 rings (SSSR count). The van der Waals surface area contributed by atoms with E-state index in [0.717, 1.165) is 0 Å². The van der Waals surface area contributed by atoms with Crippen LogP contribution < -0.4 is 0 Å². The molecule has 0 aromatic carbocycles. The van der Waals surface area contributed by atoms with Crippen LogP contribution in [0.4, 0.5) is 0 Å². The van der Waals surface area contributed by atoms with E-state index in [-0.39, 0.29) is 12.3 Å². The van der Waals surface area contributed by atoms with Crippen molar-refractivity contribution in [1.29, 1.82) is 0 Å². The molecule has 0 radical (unpaired) electrons. The first-order valence-corrected chi connectivity index (χ1v) is 13.2. The first-order valence-electron chi connectivity index (χ1n) is 13.2. The van der Waals surface area contributed by atoms with Crippen LogP contribution >= 0.6 is 0 Å². The lowest BCUT2D eigenvalue weighted by Gasteiger charge is -2.70. The molecule has 10 heteroatoms. The van der Waals surface area contributed by atoms with Crippen LogP contribution in [0.15, 0.2) is 12.2 Å². The summed E-state index contributed by atoms with van der Waals surface area (Å²) < 4.78 is 23.5. The molecule has 0 amide bonds. The fraction of sp³-hybridized carbons (Fsp3) is 0.786. The van der Waals surface area contributed by atoms with E-state index in [1.165, 1.54) is 27.7 Å². The Morgan fingerprint density at radius 3 is 1.89 bits per heavy atom. The second-order valence-electron chi connectivity index (χ2n) is 12.5. The van der Waals surface area contributed by atoms with Gasteiger partial charge in [0.2, 0.25) is 0 Å². The van der Waals surface area contributed by atoms with E-state index >= 15 is 0 Å². The Bertz CT molecular complexity index is 1050. The van der Waals surface area contributed by atoms with Crippen molar-refractivity contribution in [3.63, 3.8) is 0 Å². The molecule has 4 fully saturated rings. The van der Waals surface area contributed by atoms with Crippen molar-refractivity contribution >= 4 is 23.9 Å². The highest BCUT2D eigenvalue weighted by atomic mass is 16.6. The number of aliphatic hydroxyl groups is 2. The molecular weight excluding hydrogens is 496 g/mol. The van der Waals surface area contributed by atoms with Crippen LogP contribution in [-0.2, 0) is 38.1 Å². The highest BCUT2D eigenvalue weighted by Crippen LogP contribution is 2.73. The minimum Gasteiger partial charge on any atom is -0.462 e. The molecule has 1 spiro atoms. The molecule has 11 unspecified atom stereocenters. The van der Waals surface area contributed by atoms with Gasteiger partial charge in [-0.05, 0) is 29.7 Å². The summed E-state index contributed by atoms with van der Waals surface area (Å²) >= 11 is 0. The molecule has 38 heavy (non-hydrogen) atoms. The fourth-order valence-corrected chi connectivity index (χ4v) is 8.96. The number of carbonyl (C=O) groups is 4. The quantitative estimate of drug-likeness (QED) is 0.311. The lowest BCUT2D eigenvalue weighted by Crippen LogP contribution is -2.77. The van der Waals surface area contributed by atoms with Gasteiger partial charge in [-0.2, -0.15) is 0 Å². The summed E-state index contributed by atoms with van der Waals surface area (Å²) in [5.41, 5.74) is -2.66. The maximum absolute atomic E-state index is 12.4. The minimum absolute atomic E-state index is 0.0877. The summed E-state index contributed by atoms with van der Waals surface area (Å²) in [5.74, 6) is -3.92. The van der Waals surface area contributed by atoms with Gasteiger partial charge in [0.1, 0.15) is 30.5 Å². The lowest BCUT2D eigenvalue weighted by atomic mass is 9.37. The number of carbonyl (C=O) groups excluding carboxylic acids is 4. The largest absolute Gasteiger partial charge is 0.462 e. The monoisotopic (exact) mass is 536 g/mol. The predicted octanol–water partition coefficient (Wildman–Crippen LogP) is 2.08. The molecule has 0 saturated heterocycles. The van der Waals surface area contributed by atoms with Crippen LogP contribution in [-0.4, -0.2) is 70.7 Å². The minimum atomic E-state index is -1.36. The molecule has 0 aromatic heterocycles. The van der Waals surface area contributed by atoms with Crippen LogP contribution in [0.25, 0.3) is 0 Å². The third-order valence-corrected chi connectivity index (χ3v) is 9.95. The topological polar surface area (TPSA) is 146 Å². The highest BCUT2D eigenvalue weighted by molar-refractivity contribution is 5.68. The molecule has 0 aliphatic heterocycles. The van der Waals surface area contributed by atoms with Crippen molar-refractivity contribution in [2.75, 3.05) is 0 Å². The highest BCUT2D eigenvalue weighted by Gasteiger charge is 2.79. The van der Waals surface area contributed by atoms with E-state index in [4.69, 9.17) is 18.9 Å². The third-order valence-electron chi connectivity index (χ3n) is 9.95. The summed E-state index contributed by atoms with van der Waals surface area (Å²) in [6.45, 7) is 14.9. The lowest BCUT2D eigenvalue weighted by molar-refractivity contribution is -0.324.